The van der Waals surface area contributed by atoms with Crippen LogP contribution in [0.2, 0.25) is 0 Å². The van der Waals surface area contributed by atoms with Gasteiger partial charge in [0.15, 0.2) is 5.76 Å². The van der Waals surface area contributed by atoms with Crippen LogP contribution in [0.5, 0.6) is 0 Å². The van der Waals surface area contributed by atoms with Crippen LogP contribution in [-0.4, -0.2) is 24.5 Å². The molecule has 148 valence electrons. The summed E-state index contributed by atoms with van der Waals surface area (Å²) < 4.78 is 10.2. The van der Waals surface area contributed by atoms with E-state index in [1.54, 1.807) is 19.1 Å². The van der Waals surface area contributed by atoms with Crippen molar-refractivity contribution in [2.45, 2.75) is 90.5 Å². The van der Waals surface area contributed by atoms with Crippen LogP contribution in [0.4, 0.5) is 0 Å². The average molecular weight is 366 g/mol. The number of carbonyl (C=O) groups excluding carboxylic acids is 2. The van der Waals surface area contributed by atoms with E-state index in [4.69, 9.17) is 9.15 Å². The van der Waals surface area contributed by atoms with Gasteiger partial charge in [0, 0.05) is 0 Å². The number of esters is 1. The predicted octanol–water partition coefficient (Wildman–Crippen LogP) is 5.25. The van der Waals surface area contributed by atoms with Crippen LogP contribution in [0.3, 0.4) is 0 Å². The minimum Gasteiger partial charge on any atom is -0.464 e. The van der Waals surface area contributed by atoms with Crippen molar-refractivity contribution in [3.63, 3.8) is 0 Å². The van der Waals surface area contributed by atoms with Crippen molar-refractivity contribution in [3.8, 4) is 0 Å². The van der Waals surface area contributed by atoms with Gasteiger partial charge in [0.25, 0.3) is 5.91 Å². The number of nitrogens with one attached hydrogen (secondary N) is 1. The zero-order valence-electron chi connectivity index (χ0n) is 16.4. The highest BCUT2D eigenvalue weighted by Crippen LogP contribution is 2.11. The number of hydrogen-bond donors (Lipinski definition) is 1. The standard InChI is InChI=1S/C21H35NO4/c1-3-4-5-6-7-8-9-10-11-12-13-16-26-21(24)18(2)22-20(23)19-15-14-17-25-19/h14-15,17-18H,3-13,16H2,1-2H3,(H,22,23). The van der Waals surface area contributed by atoms with Crippen LogP contribution in [0.25, 0.3) is 0 Å². The van der Waals surface area contributed by atoms with Crippen molar-refractivity contribution in [1.82, 2.24) is 5.32 Å². The zero-order valence-corrected chi connectivity index (χ0v) is 16.4. The molecule has 1 unspecified atom stereocenters. The fourth-order valence-electron chi connectivity index (χ4n) is 2.80. The van der Waals surface area contributed by atoms with Gasteiger partial charge in [-0.2, -0.15) is 0 Å². The summed E-state index contributed by atoms with van der Waals surface area (Å²) in [5, 5.41) is 2.57. The number of amides is 1. The van der Waals surface area contributed by atoms with Gasteiger partial charge < -0.3 is 14.5 Å². The highest BCUT2D eigenvalue weighted by molar-refractivity contribution is 5.94. The van der Waals surface area contributed by atoms with E-state index in [1.807, 2.05) is 0 Å². The Morgan fingerprint density at radius 2 is 1.58 bits per heavy atom. The molecule has 1 aromatic rings. The van der Waals surface area contributed by atoms with Gasteiger partial charge in [-0.05, 0) is 25.5 Å². The topological polar surface area (TPSA) is 68.5 Å². The Hall–Kier alpha value is -1.78. The number of rotatable bonds is 15. The lowest BCUT2D eigenvalue weighted by Gasteiger charge is -2.12. The predicted molar refractivity (Wildman–Crippen MR) is 103 cm³/mol. The summed E-state index contributed by atoms with van der Waals surface area (Å²) in [6.45, 7) is 4.27. The number of hydrogen-bond acceptors (Lipinski definition) is 4. The molecule has 26 heavy (non-hydrogen) atoms. The second kappa shape index (κ2) is 14.4. The third kappa shape index (κ3) is 10.3. The molecule has 0 bridgehead atoms. The molecule has 1 aromatic heterocycles. The van der Waals surface area contributed by atoms with Gasteiger partial charge in [-0.3, -0.25) is 4.79 Å². The molecule has 0 aliphatic rings. The van der Waals surface area contributed by atoms with E-state index in [0.717, 1.165) is 12.8 Å². The Kier molecular flexibility index (Phi) is 12.3. The molecule has 1 amide bonds. The first kappa shape index (κ1) is 22.3. The van der Waals surface area contributed by atoms with E-state index in [2.05, 4.69) is 12.2 Å². The Morgan fingerprint density at radius 1 is 1.00 bits per heavy atom. The zero-order chi connectivity index (χ0) is 19.0. The maximum absolute atomic E-state index is 11.9. The third-order valence-electron chi connectivity index (χ3n) is 4.44. The molecule has 1 heterocycles. The molecule has 0 aromatic carbocycles. The van der Waals surface area contributed by atoms with Gasteiger partial charge in [0.2, 0.25) is 0 Å². The Labute approximate surface area is 157 Å². The third-order valence-corrected chi connectivity index (χ3v) is 4.44. The summed E-state index contributed by atoms with van der Waals surface area (Å²) in [6.07, 6.45) is 15.3. The van der Waals surface area contributed by atoms with Gasteiger partial charge in [0.05, 0.1) is 12.9 Å². The molecule has 1 N–H and O–H groups in total. The van der Waals surface area contributed by atoms with Crippen LogP contribution in [0.15, 0.2) is 22.8 Å². The van der Waals surface area contributed by atoms with E-state index >= 15 is 0 Å². The molecule has 1 atom stereocenters. The molecule has 0 aliphatic carbocycles. The fourth-order valence-corrected chi connectivity index (χ4v) is 2.80. The van der Waals surface area contributed by atoms with E-state index in [9.17, 15) is 9.59 Å². The van der Waals surface area contributed by atoms with Crippen LogP contribution < -0.4 is 5.32 Å². The lowest BCUT2D eigenvalue weighted by Crippen LogP contribution is -2.39. The van der Waals surface area contributed by atoms with Crippen LogP contribution in [0, 0.1) is 0 Å². The van der Waals surface area contributed by atoms with Crippen molar-refractivity contribution in [2.24, 2.45) is 0 Å². The molecule has 0 radical (unpaired) electrons. The minimum atomic E-state index is -0.680. The van der Waals surface area contributed by atoms with Gasteiger partial charge in [-0.15, -0.1) is 0 Å². The van der Waals surface area contributed by atoms with E-state index in [1.165, 1.54) is 64.1 Å². The summed E-state index contributed by atoms with van der Waals surface area (Å²) in [7, 11) is 0. The molecular weight excluding hydrogens is 330 g/mol. The first-order chi connectivity index (χ1) is 12.6. The number of unbranched alkanes of at least 4 members (excludes halogenated alkanes) is 10. The number of furan rings is 1. The molecule has 0 aliphatic heterocycles. The van der Waals surface area contributed by atoms with Gasteiger partial charge in [-0.25, -0.2) is 4.79 Å². The Morgan fingerprint density at radius 3 is 2.12 bits per heavy atom. The molecule has 5 heteroatoms. The molecule has 0 saturated heterocycles. The first-order valence-electron chi connectivity index (χ1n) is 10.2. The normalized spacial score (nSPS) is 11.9. The summed E-state index contributed by atoms with van der Waals surface area (Å²) in [5.74, 6) is -0.624. The largest absolute Gasteiger partial charge is 0.464 e. The van der Waals surface area contributed by atoms with Crippen molar-refractivity contribution >= 4 is 11.9 Å². The molecule has 5 nitrogen and oxygen atoms in total. The molecule has 0 spiro atoms. The second-order valence-electron chi connectivity index (χ2n) is 6.88. The molecular formula is C21H35NO4. The maximum atomic E-state index is 11.9. The van der Waals surface area contributed by atoms with Crippen molar-refractivity contribution in [3.05, 3.63) is 24.2 Å². The lowest BCUT2D eigenvalue weighted by atomic mass is 10.1. The SMILES string of the molecule is CCCCCCCCCCCCCOC(=O)C(C)NC(=O)c1ccco1. The van der Waals surface area contributed by atoms with Crippen molar-refractivity contribution in [1.29, 1.82) is 0 Å². The fraction of sp³-hybridized carbons (Fsp3) is 0.714. The number of carbonyl (C=O) groups is 2. The quantitative estimate of drug-likeness (QED) is 0.340. The lowest BCUT2D eigenvalue weighted by molar-refractivity contribution is -0.145. The van der Waals surface area contributed by atoms with E-state index in [-0.39, 0.29) is 5.76 Å². The van der Waals surface area contributed by atoms with E-state index < -0.39 is 17.9 Å². The van der Waals surface area contributed by atoms with Gasteiger partial charge in [0.1, 0.15) is 6.04 Å². The van der Waals surface area contributed by atoms with Gasteiger partial charge >= 0.3 is 5.97 Å². The molecule has 1 rings (SSSR count). The second-order valence-corrected chi connectivity index (χ2v) is 6.88. The molecule has 0 fully saturated rings. The Bertz CT molecular complexity index is 484. The smallest absolute Gasteiger partial charge is 0.328 e. The minimum absolute atomic E-state index is 0.190. The monoisotopic (exact) mass is 365 g/mol. The average Bonchev–Trinajstić information content (AvgIpc) is 3.17. The van der Waals surface area contributed by atoms with Gasteiger partial charge in [-0.1, -0.05) is 71.1 Å². The van der Waals surface area contributed by atoms with Crippen LogP contribution >= 0.6 is 0 Å². The van der Waals surface area contributed by atoms with Crippen molar-refractivity contribution < 1.29 is 18.7 Å². The van der Waals surface area contributed by atoms with Crippen LogP contribution in [-0.2, 0) is 9.53 Å². The first-order valence-corrected chi connectivity index (χ1v) is 10.2. The summed E-state index contributed by atoms with van der Waals surface area (Å²) >= 11 is 0. The van der Waals surface area contributed by atoms with E-state index in [0.29, 0.717) is 6.61 Å². The molecule has 0 saturated carbocycles. The summed E-state index contributed by atoms with van der Waals surface area (Å²) in [6, 6.07) is 2.50. The van der Waals surface area contributed by atoms with Crippen LogP contribution in [0.1, 0.15) is 95.0 Å². The van der Waals surface area contributed by atoms with Crippen molar-refractivity contribution in [2.75, 3.05) is 6.61 Å². The summed E-state index contributed by atoms with van der Waals surface area (Å²) in [4.78, 5) is 23.6. The number of ether oxygens (including phenoxy) is 1. The summed E-state index contributed by atoms with van der Waals surface area (Å²) in [5.41, 5.74) is 0. The Balaban J connectivity index is 1.94. The maximum Gasteiger partial charge on any atom is 0.328 e. The highest BCUT2D eigenvalue weighted by atomic mass is 16.5. The highest BCUT2D eigenvalue weighted by Gasteiger charge is 2.19.